The highest BCUT2D eigenvalue weighted by Gasteiger charge is 2.25. The van der Waals surface area contributed by atoms with Crippen molar-refractivity contribution < 1.29 is 14.0 Å². The SMILES string of the molecule is O=C(CN1CCN(C(=O)Nc2ccc(F)cc2Br)CC1)N1CCCCC1. The highest BCUT2D eigenvalue weighted by molar-refractivity contribution is 9.10. The predicted molar refractivity (Wildman–Crippen MR) is 102 cm³/mol. The van der Waals surface area contributed by atoms with Gasteiger partial charge in [0.05, 0.1) is 12.2 Å². The molecule has 0 saturated carbocycles. The van der Waals surface area contributed by atoms with Gasteiger partial charge in [-0.15, -0.1) is 0 Å². The number of halogens is 2. The lowest BCUT2D eigenvalue weighted by Gasteiger charge is -2.36. The standard InChI is InChI=1S/C18H24BrFN4O2/c19-15-12-14(20)4-5-16(15)21-18(26)24-10-8-22(9-11-24)13-17(25)23-6-2-1-3-7-23/h4-5,12H,1-3,6-11,13H2,(H,21,26). The van der Waals surface area contributed by atoms with Crippen LogP contribution in [0.1, 0.15) is 19.3 Å². The Kier molecular flexibility index (Phi) is 6.48. The summed E-state index contributed by atoms with van der Waals surface area (Å²) in [5, 5.41) is 2.79. The first-order valence-corrected chi connectivity index (χ1v) is 9.83. The maximum Gasteiger partial charge on any atom is 0.321 e. The monoisotopic (exact) mass is 426 g/mol. The van der Waals surface area contributed by atoms with Crippen molar-refractivity contribution in [2.75, 3.05) is 51.1 Å². The molecule has 2 aliphatic heterocycles. The molecule has 2 fully saturated rings. The molecule has 2 aliphatic rings. The third-order valence-electron chi connectivity index (χ3n) is 4.90. The summed E-state index contributed by atoms with van der Waals surface area (Å²) < 4.78 is 13.6. The molecule has 1 N–H and O–H groups in total. The highest BCUT2D eigenvalue weighted by atomic mass is 79.9. The number of hydrogen-bond acceptors (Lipinski definition) is 3. The number of rotatable bonds is 3. The maximum atomic E-state index is 13.1. The van der Waals surface area contributed by atoms with E-state index in [1.165, 1.54) is 24.6 Å². The summed E-state index contributed by atoms with van der Waals surface area (Å²) in [6.07, 6.45) is 3.40. The molecule has 3 rings (SSSR count). The Morgan fingerprint density at radius 2 is 1.69 bits per heavy atom. The molecule has 2 heterocycles. The van der Waals surface area contributed by atoms with Crippen LogP contribution in [0.15, 0.2) is 22.7 Å². The lowest BCUT2D eigenvalue weighted by molar-refractivity contribution is -0.133. The largest absolute Gasteiger partial charge is 0.342 e. The number of piperidine rings is 1. The first kappa shape index (κ1) is 19.1. The van der Waals surface area contributed by atoms with E-state index in [2.05, 4.69) is 26.1 Å². The van der Waals surface area contributed by atoms with E-state index < -0.39 is 0 Å². The van der Waals surface area contributed by atoms with Gasteiger partial charge < -0.3 is 15.1 Å². The zero-order chi connectivity index (χ0) is 18.5. The normalized spacial score (nSPS) is 18.7. The zero-order valence-corrected chi connectivity index (χ0v) is 16.3. The molecule has 0 aromatic heterocycles. The third-order valence-corrected chi connectivity index (χ3v) is 5.56. The fraction of sp³-hybridized carbons (Fsp3) is 0.556. The van der Waals surface area contributed by atoms with Crippen LogP contribution in [-0.2, 0) is 4.79 Å². The van der Waals surface area contributed by atoms with Gasteiger partial charge in [0.1, 0.15) is 5.82 Å². The molecule has 1 aromatic rings. The lowest BCUT2D eigenvalue weighted by atomic mass is 10.1. The van der Waals surface area contributed by atoms with Crippen LogP contribution < -0.4 is 5.32 Å². The van der Waals surface area contributed by atoms with E-state index in [9.17, 15) is 14.0 Å². The molecular weight excluding hydrogens is 403 g/mol. The Bertz CT molecular complexity index is 659. The first-order valence-electron chi connectivity index (χ1n) is 9.04. The maximum absolute atomic E-state index is 13.1. The molecule has 3 amide bonds. The van der Waals surface area contributed by atoms with Crippen molar-refractivity contribution in [3.63, 3.8) is 0 Å². The van der Waals surface area contributed by atoms with Gasteiger partial charge in [0.25, 0.3) is 0 Å². The van der Waals surface area contributed by atoms with Crippen molar-refractivity contribution in [1.82, 2.24) is 14.7 Å². The van der Waals surface area contributed by atoms with Crippen LogP contribution in [0.2, 0.25) is 0 Å². The minimum atomic E-state index is -0.359. The topological polar surface area (TPSA) is 55.9 Å². The predicted octanol–water partition coefficient (Wildman–Crippen LogP) is 2.75. The quantitative estimate of drug-likeness (QED) is 0.808. The molecule has 6 nitrogen and oxygen atoms in total. The average molecular weight is 427 g/mol. The molecule has 0 radical (unpaired) electrons. The van der Waals surface area contributed by atoms with Crippen molar-refractivity contribution in [2.45, 2.75) is 19.3 Å². The van der Waals surface area contributed by atoms with Gasteiger partial charge in [-0.05, 0) is 53.4 Å². The number of carbonyl (C=O) groups is 2. The second kappa shape index (κ2) is 8.81. The Balaban J connectivity index is 1.45. The van der Waals surface area contributed by atoms with Crippen LogP contribution in [-0.4, -0.2) is 72.5 Å². The van der Waals surface area contributed by atoms with Gasteiger partial charge in [-0.1, -0.05) is 0 Å². The molecule has 0 aliphatic carbocycles. The summed E-state index contributed by atoms with van der Waals surface area (Å²) in [5.74, 6) is -0.167. The van der Waals surface area contributed by atoms with Gasteiger partial charge >= 0.3 is 6.03 Å². The van der Waals surface area contributed by atoms with Gasteiger partial charge in [-0.25, -0.2) is 9.18 Å². The lowest BCUT2D eigenvalue weighted by Crippen LogP contribution is -2.52. The molecule has 142 valence electrons. The van der Waals surface area contributed by atoms with E-state index in [1.54, 1.807) is 4.90 Å². The van der Waals surface area contributed by atoms with Gasteiger partial charge in [0.2, 0.25) is 5.91 Å². The van der Waals surface area contributed by atoms with E-state index in [0.717, 1.165) is 25.9 Å². The van der Waals surface area contributed by atoms with E-state index >= 15 is 0 Å². The summed E-state index contributed by atoms with van der Waals surface area (Å²) in [4.78, 5) is 30.5. The summed E-state index contributed by atoms with van der Waals surface area (Å²) in [5.41, 5.74) is 0.541. The number of hydrogen-bond donors (Lipinski definition) is 1. The second-order valence-electron chi connectivity index (χ2n) is 6.76. The number of nitrogens with zero attached hydrogens (tertiary/aromatic N) is 3. The molecule has 1 aromatic carbocycles. The van der Waals surface area contributed by atoms with Crippen molar-refractivity contribution in [2.24, 2.45) is 0 Å². The number of likely N-dealkylation sites (tertiary alicyclic amines) is 1. The summed E-state index contributed by atoms with van der Waals surface area (Å²) >= 11 is 3.25. The minimum absolute atomic E-state index is 0.192. The van der Waals surface area contributed by atoms with Crippen molar-refractivity contribution >= 4 is 33.6 Å². The first-order chi connectivity index (χ1) is 12.5. The Hall–Kier alpha value is -1.67. The number of piperazine rings is 1. The smallest absolute Gasteiger partial charge is 0.321 e. The molecular formula is C18H24BrFN4O2. The number of urea groups is 1. The Morgan fingerprint density at radius 3 is 2.35 bits per heavy atom. The summed E-state index contributed by atoms with van der Waals surface area (Å²) in [6, 6.07) is 3.95. The number of amides is 3. The van der Waals surface area contributed by atoms with Gasteiger partial charge in [-0.2, -0.15) is 0 Å². The highest BCUT2D eigenvalue weighted by Crippen LogP contribution is 2.23. The number of benzene rings is 1. The summed E-state index contributed by atoms with van der Waals surface area (Å²) in [7, 11) is 0. The number of carbonyl (C=O) groups excluding carboxylic acids is 2. The fourth-order valence-electron chi connectivity index (χ4n) is 3.33. The molecule has 0 bridgehead atoms. The third kappa shape index (κ3) is 4.94. The van der Waals surface area contributed by atoms with Crippen LogP contribution in [0.4, 0.5) is 14.9 Å². The Morgan fingerprint density at radius 1 is 1.00 bits per heavy atom. The van der Waals surface area contributed by atoms with E-state index in [-0.39, 0.29) is 17.8 Å². The molecule has 0 spiro atoms. The average Bonchev–Trinajstić information content (AvgIpc) is 2.65. The van der Waals surface area contributed by atoms with Crippen molar-refractivity contribution in [3.8, 4) is 0 Å². The molecule has 26 heavy (non-hydrogen) atoms. The summed E-state index contributed by atoms with van der Waals surface area (Å²) in [6.45, 7) is 4.66. The molecule has 0 unspecified atom stereocenters. The number of nitrogens with one attached hydrogen (secondary N) is 1. The second-order valence-corrected chi connectivity index (χ2v) is 7.61. The molecule has 0 atom stereocenters. The van der Waals surface area contributed by atoms with Gasteiger partial charge in [0, 0.05) is 43.7 Å². The van der Waals surface area contributed by atoms with Crippen molar-refractivity contribution in [1.29, 1.82) is 0 Å². The van der Waals surface area contributed by atoms with E-state index in [4.69, 9.17) is 0 Å². The van der Waals surface area contributed by atoms with Crippen LogP contribution >= 0.6 is 15.9 Å². The minimum Gasteiger partial charge on any atom is -0.342 e. The van der Waals surface area contributed by atoms with Crippen LogP contribution in [0, 0.1) is 5.82 Å². The molecule has 2 saturated heterocycles. The van der Waals surface area contributed by atoms with E-state index in [0.29, 0.717) is 42.9 Å². The fourth-order valence-corrected chi connectivity index (χ4v) is 3.78. The Labute approximate surface area is 161 Å². The van der Waals surface area contributed by atoms with Gasteiger partial charge in [0.15, 0.2) is 0 Å². The van der Waals surface area contributed by atoms with Crippen molar-refractivity contribution in [3.05, 3.63) is 28.5 Å². The van der Waals surface area contributed by atoms with E-state index in [1.807, 2.05) is 4.90 Å². The zero-order valence-electron chi connectivity index (χ0n) is 14.7. The van der Waals surface area contributed by atoms with Crippen LogP contribution in [0.25, 0.3) is 0 Å². The van der Waals surface area contributed by atoms with Crippen LogP contribution in [0.5, 0.6) is 0 Å². The van der Waals surface area contributed by atoms with Crippen LogP contribution in [0.3, 0.4) is 0 Å². The number of anilines is 1. The van der Waals surface area contributed by atoms with Gasteiger partial charge in [-0.3, -0.25) is 9.69 Å². The molecule has 8 heteroatoms.